The Morgan fingerprint density at radius 2 is 2.29 bits per heavy atom. The van der Waals surface area contributed by atoms with Crippen LogP contribution >= 0.6 is 15.9 Å². The summed E-state index contributed by atoms with van der Waals surface area (Å²) in [7, 11) is 0. The number of pyridine rings is 1. The number of nitro groups is 1. The van der Waals surface area contributed by atoms with Gasteiger partial charge < -0.3 is 10.5 Å². The highest BCUT2D eigenvalue weighted by molar-refractivity contribution is 9.10. The third-order valence-corrected chi connectivity index (χ3v) is 3.75. The summed E-state index contributed by atoms with van der Waals surface area (Å²) in [6.45, 7) is 1.66. The van der Waals surface area contributed by atoms with Gasteiger partial charge in [-0.25, -0.2) is 4.98 Å². The Bertz CT molecular complexity index is 460. The van der Waals surface area contributed by atoms with Gasteiger partial charge in [-0.2, -0.15) is 0 Å². The van der Waals surface area contributed by atoms with Gasteiger partial charge in [-0.3, -0.25) is 10.1 Å². The van der Waals surface area contributed by atoms with Gasteiger partial charge in [0.1, 0.15) is 12.3 Å². The van der Waals surface area contributed by atoms with Crippen LogP contribution in [-0.4, -0.2) is 22.1 Å². The summed E-state index contributed by atoms with van der Waals surface area (Å²) in [5, 5.41) is 10.7. The second kappa shape index (κ2) is 4.58. The van der Waals surface area contributed by atoms with Gasteiger partial charge in [-0.15, -0.1) is 0 Å². The Kier molecular flexibility index (Phi) is 3.30. The number of hydrogen-bond acceptors (Lipinski definition) is 5. The van der Waals surface area contributed by atoms with E-state index in [2.05, 4.69) is 20.9 Å². The molecule has 0 aliphatic heterocycles. The van der Waals surface area contributed by atoms with Crippen molar-refractivity contribution in [3.05, 3.63) is 26.3 Å². The molecule has 2 N–H and O–H groups in total. The van der Waals surface area contributed by atoms with E-state index >= 15 is 0 Å². The van der Waals surface area contributed by atoms with Crippen molar-refractivity contribution < 1.29 is 9.66 Å². The lowest BCUT2D eigenvalue weighted by Crippen LogP contribution is -2.43. The summed E-state index contributed by atoms with van der Waals surface area (Å²) >= 11 is 3.27. The highest BCUT2D eigenvalue weighted by Crippen LogP contribution is 2.34. The van der Waals surface area contributed by atoms with E-state index in [0.717, 1.165) is 12.8 Å². The smallest absolute Gasteiger partial charge is 0.291 e. The molecule has 1 saturated carbocycles. The molecule has 2 rings (SSSR count). The van der Waals surface area contributed by atoms with E-state index in [9.17, 15) is 10.1 Å². The Morgan fingerprint density at radius 1 is 1.65 bits per heavy atom. The number of rotatable bonds is 3. The van der Waals surface area contributed by atoms with Gasteiger partial charge in [-0.05, 0) is 35.7 Å². The predicted octanol–water partition coefficient (Wildman–Crippen LogP) is 1.93. The van der Waals surface area contributed by atoms with Crippen LogP contribution in [0, 0.1) is 17.0 Å². The first-order chi connectivity index (χ1) is 7.99. The molecule has 7 heteroatoms. The minimum atomic E-state index is -0.462. The van der Waals surface area contributed by atoms with E-state index in [1.165, 1.54) is 6.20 Å². The van der Waals surface area contributed by atoms with Crippen LogP contribution in [0.4, 0.5) is 5.69 Å². The van der Waals surface area contributed by atoms with E-state index in [4.69, 9.17) is 10.5 Å². The van der Waals surface area contributed by atoms with Gasteiger partial charge in [-0.1, -0.05) is 0 Å². The van der Waals surface area contributed by atoms with Gasteiger partial charge in [0.15, 0.2) is 0 Å². The van der Waals surface area contributed by atoms with Crippen LogP contribution in [0.15, 0.2) is 10.7 Å². The van der Waals surface area contributed by atoms with E-state index in [1.54, 1.807) is 6.92 Å². The van der Waals surface area contributed by atoms with Crippen molar-refractivity contribution in [2.45, 2.75) is 31.9 Å². The van der Waals surface area contributed by atoms with Crippen molar-refractivity contribution in [3.8, 4) is 5.88 Å². The lowest BCUT2D eigenvalue weighted by Gasteiger charge is -2.32. The van der Waals surface area contributed by atoms with Crippen LogP contribution in [0.1, 0.15) is 18.4 Å². The fourth-order valence-corrected chi connectivity index (χ4v) is 2.07. The topological polar surface area (TPSA) is 91.3 Å². The molecule has 1 aromatic rings. The van der Waals surface area contributed by atoms with Crippen LogP contribution < -0.4 is 10.5 Å². The van der Waals surface area contributed by atoms with Crippen molar-refractivity contribution in [1.29, 1.82) is 0 Å². The summed E-state index contributed by atoms with van der Waals surface area (Å²) in [5.41, 5.74) is 6.15. The molecule has 0 radical (unpaired) electrons. The van der Waals surface area contributed by atoms with Gasteiger partial charge in [0.2, 0.25) is 5.88 Å². The molecule has 0 aromatic carbocycles. The minimum absolute atomic E-state index is 0.0189. The number of nitrogens with zero attached hydrogens (tertiary/aromatic N) is 2. The number of ether oxygens (including phenoxy) is 1. The maximum Gasteiger partial charge on any atom is 0.291 e. The lowest BCUT2D eigenvalue weighted by molar-refractivity contribution is -0.385. The van der Waals surface area contributed by atoms with Crippen LogP contribution in [-0.2, 0) is 0 Å². The summed E-state index contributed by atoms with van der Waals surface area (Å²) in [6, 6.07) is 0.193. The van der Waals surface area contributed by atoms with Gasteiger partial charge in [0, 0.05) is 11.6 Å². The third-order valence-electron chi connectivity index (χ3n) is 2.81. The zero-order chi connectivity index (χ0) is 12.6. The van der Waals surface area contributed by atoms with E-state index in [0.29, 0.717) is 15.9 Å². The van der Waals surface area contributed by atoms with E-state index < -0.39 is 4.92 Å². The third kappa shape index (κ3) is 2.39. The molecule has 92 valence electrons. The van der Waals surface area contributed by atoms with Gasteiger partial charge in [0.25, 0.3) is 5.69 Å². The first kappa shape index (κ1) is 12.3. The maximum atomic E-state index is 10.7. The molecule has 0 atom stereocenters. The van der Waals surface area contributed by atoms with E-state index in [1.807, 2.05) is 0 Å². The molecule has 1 aliphatic carbocycles. The molecule has 17 heavy (non-hydrogen) atoms. The average Bonchev–Trinajstić information content (AvgIpc) is 2.22. The molecule has 0 amide bonds. The van der Waals surface area contributed by atoms with E-state index in [-0.39, 0.29) is 17.8 Å². The summed E-state index contributed by atoms with van der Waals surface area (Å²) in [5.74, 6) is 0.394. The predicted molar refractivity (Wildman–Crippen MR) is 65.0 cm³/mol. The number of halogens is 1. The van der Waals surface area contributed by atoms with Crippen molar-refractivity contribution in [2.24, 2.45) is 5.73 Å². The quantitative estimate of drug-likeness (QED) is 0.680. The fraction of sp³-hybridized carbons (Fsp3) is 0.500. The summed E-state index contributed by atoms with van der Waals surface area (Å²) < 4.78 is 6.14. The number of hydrogen-bond donors (Lipinski definition) is 1. The normalized spacial score (nSPS) is 23.0. The maximum absolute atomic E-state index is 10.7. The average molecular weight is 302 g/mol. The molecule has 1 aliphatic rings. The van der Waals surface area contributed by atoms with Gasteiger partial charge >= 0.3 is 0 Å². The summed E-state index contributed by atoms with van der Waals surface area (Å²) in [6.07, 6.45) is 2.87. The van der Waals surface area contributed by atoms with Crippen molar-refractivity contribution in [1.82, 2.24) is 4.98 Å². The van der Waals surface area contributed by atoms with Crippen LogP contribution in [0.5, 0.6) is 5.88 Å². The second-order valence-electron chi connectivity index (χ2n) is 4.12. The Hall–Kier alpha value is -1.21. The largest absolute Gasteiger partial charge is 0.473 e. The zero-order valence-corrected chi connectivity index (χ0v) is 10.8. The highest BCUT2D eigenvalue weighted by Gasteiger charge is 2.29. The standard InChI is InChI=1S/C10H12BrN3O3/c1-5-8(14(15)16)4-13-10(9(5)11)17-7-2-6(12)3-7/h4,6-7H,2-3,12H2,1H3. The molecule has 6 nitrogen and oxygen atoms in total. The van der Waals surface area contributed by atoms with Crippen molar-refractivity contribution in [2.75, 3.05) is 0 Å². The molecule has 1 fully saturated rings. The number of nitrogens with two attached hydrogens (primary N) is 1. The zero-order valence-electron chi connectivity index (χ0n) is 9.22. The fourth-order valence-electron chi connectivity index (χ4n) is 1.67. The first-order valence-electron chi connectivity index (χ1n) is 5.20. The Labute approximate surface area is 106 Å². The first-order valence-corrected chi connectivity index (χ1v) is 6.00. The Morgan fingerprint density at radius 3 is 2.82 bits per heavy atom. The molecular weight excluding hydrogens is 290 g/mol. The SMILES string of the molecule is Cc1c([N+](=O)[O-])cnc(OC2CC(N)C2)c1Br. The molecule has 1 aromatic heterocycles. The molecule has 0 saturated heterocycles. The molecular formula is C10H12BrN3O3. The lowest BCUT2D eigenvalue weighted by atomic mass is 9.90. The highest BCUT2D eigenvalue weighted by atomic mass is 79.9. The Balaban J connectivity index is 2.19. The van der Waals surface area contributed by atoms with Crippen molar-refractivity contribution in [3.63, 3.8) is 0 Å². The molecule has 0 bridgehead atoms. The van der Waals surface area contributed by atoms with Crippen molar-refractivity contribution >= 4 is 21.6 Å². The van der Waals surface area contributed by atoms with Gasteiger partial charge in [0.05, 0.1) is 9.40 Å². The molecule has 0 unspecified atom stereocenters. The van der Waals surface area contributed by atoms with Crippen LogP contribution in [0.2, 0.25) is 0 Å². The monoisotopic (exact) mass is 301 g/mol. The number of aromatic nitrogens is 1. The molecule has 0 spiro atoms. The minimum Gasteiger partial charge on any atom is -0.473 e. The summed E-state index contributed by atoms with van der Waals surface area (Å²) in [4.78, 5) is 14.2. The van der Waals surface area contributed by atoms with Crippen LogP contribution in [0.3, 0.4) is 0 Å². The molecule has 1 heterocycles. The second-order valence-corrected chi connectivity index (χ2v) is 4.91. The van der Waals surface area contributed by atoms with Crippen LogP contribution in [0.25, 0.3) is 0 Å².